The third-order valence-electron chi connectivity index (χ3n) is 5.38. The Morgan fingerprint density at radius 2 is 1.77 bits per heavy atom. The van der Waals surface area contributed by atoms with E-state index in [9.17, 15) is 9.90 Å². The van der Waals surface area contributed by atoms with E-state index in [4.69, 9.17) is 9.84 Å². The smallest absolute Gasteiger partial charge is 0.135 e. The molecule has 0 aliphatic heterocycles. The van der Waals surface area contributed by atoms with Crippen molar-refractivity contribution in [3.05, 3.63) is 83.4 Å². The molecule has 0 N–H and O–H groups in total. The molecule has 4 aromatic rings. The number of pyridine rings is 1. The minimum absolute atomic E-state index is 0.180. The maximum atomic E-state index is 11.3. The van der Waals surface area contributed by atoms with Gasteiger partial charge in [0.25, 0.3) is 0 Å². The van der Waals surface area contributed by atoms with Gasteiger partial charge in [0.05, 0.1) is 29.6 Å². The lowest BCUT2D eigenvalue weighted by atomic mass is 9.98. The van der Waals surface area contributed by atoms with Crippen LogP contribution < -0.4 is 15.2 Å². The predicted molar refractivity (Wildman–Crippen MR) is 124 cm³/mol. The molecule has 0 aliphatic rings. The van der Waals surface area contributed by atoms with Gasteiger partial charge in [-0.2, -0.15) is 5.10 Å². The molecule has 0 fully saturated rings. The average molecular weight is 430 g/mol. The summed E-state index contributed by atoms with van der Waals surface area (Å²) in [6.45, 7) is 6.82. The molecular weight excluding hydrogens is 404 g/mol. The van der Waals surface area contributed by atoms with E-state index < -0.39 is 14.0 Å². The zero-order valence-electron chi connectivity index (χ0n) is 18.2. The molecule has 4 rings (SSSR count). The van der Waals surface area contributed by atoms with Gasteiger partial charge >= 0.3 is 0 Å². The van der Waals surface area contributed by atoms with Crippen LogP contribution in [0.2, 0.25) is 19.6 Å². The molecule has 31 heavy (non-hydrogen) atoms. The first-order chi connectivity index (χ1) is 14.8. The Morgan fingerprint density at radius 3 is 2.42 bits per heavy atom. The molecule has 0 spiro atoms. The summed E-state index contributed by atoms with van der Waals surface area (Å²) in [7, 11) is -0.107. The van der Waals surface area contributed by atoms with Gasteiger partial charge in [-0.25, -0.2) is 4.52 Å². The van der Waals surface area contributed by atoms with Crippen molar-refractivity contribution in [3.63, 3.8) is 0 Å². The first-order valence-electron chi connectivity index (χ1n) is 10.2. The highest BCUT2D eigenvalue weighted by atomic mass is 28.3. The zero-order valence-corrected chi connectivity index (χ0v) is 19.2. The normalized spacial score (nSPS) is 11.6. The maximum Gasteiger partial charge on any atom is 0.135 e. The molecule has 0 unspecified atom stereocenters. The van der Waals surface area contributed by atoms with Crippen LogP contribution in [0.1, 0.15) is 21.5 Å². The van der Waals surface area contributed by atoms with Crippen LogP contribution in [0.5, 0.6) is 5.75 Å². The van der Waals surface area contributed by atoms with E-state index in [1.165, 1.54) is 0 Å². The Morgan fingerprint density at radius 1 is 1.03 bits per heavy atom. The summed E-state index contributed by atoms with van der Waals surface area (Å²) in [5.41, 5.74) is 5.07. The van der Waals surface area contributed by atoms with E-state index in [0.29, 0.717) is 6.42 Å². The SMILES string of the molecule is COc1ccc2c(Cc3cccc(C(=O)[O-])c3)c(-c3ccccc3)nn2c1[Si](C)(C)C. The number of carboxylic acids is 1. The summed E-state index contributed by atoms with van der Waals surface area (Å²) in [6, 6.07) is 21.1. The lowest BCUT2D eigenvalue weighted by Gasteiger charge is -2.21. The Bertz CT molecular complexity index is 1260. The van der Waals surface area contributed by atoms with Crippen molar-refractivity contribution < 1.29 is 14.6 Å². The Balaban J connectivity index is 1.98. The van der Waals surface area contributed by atoms with Gasteiger partial charge in [0, 0.05) is 17.5 Å². The summed E-state index contributed by atoms with van der Waals surface area (Å²) in [4.78, 5) is 11.3. The number of fused-ring (bicyclic) bond motifs is 1. The minimum Gasteiger partial charge on any atom is -0.545 e. The quantitative estimate of drug-likeness (QED) is 0.440. The number of methoxy groups -OCH3 is 1. The van der Waals surface area contributed by atoms with Crippen molar-refractivity contribution in [1.29, 1.82) is 0 Å². The Labute approximate surface area is 182 Å². The van der Waals surface area contributed by atoms with Gasteiger partial charge in [-0.15, -0.1) is 0 Å². The number of aromatic carboxylic acids is 1. The first kappa shape index (κ1) is 20.9. The summed E-state index contributed by atoms with van der Waals surface area (Å²) in [5.74, 6) is -0.324. The average Bonchev–Trinajstić information content (AvgIpc) is 3.11. The van der Waals surface area contributed by atoms with Gasteiger partial charge < -0.3 is 14.6 Å². The van der Waals surface area contributed by atoms with Gasteiger partial charge in [0.1, 0.15) is 13.8 Å². The number of carbonyl (C=O) groups excluding carboxylic acids is 1. The van der Waals surface area contributed by atoms with Crippen molar-refractivity contribution in [2.45, 2.75) is 26.1 Å². The van der Waals surface area contributed by atoms with Crippen LogP contribution in [-0.4, -0.2) is 30.8 Å². The molecule has 0 saturated heterocycles. The Hall–Kier alpha value is -3.38. The fourth-order valence-electron chi connectivity index (χ4n) is 4.01. The second-order valence-corrected chi connectivity index (χ2v) is 13.6. The van der Waals surface area contributed by atoms with Crippen molar-refractivity contribution in [2.75, 3.05) is 7.11 Å². The summed E-state index contributed by atoms with van der Waals surface area (Å²) < 4.78 is 7.73. The van der Waals surface area contributed by atoms with E-state index in [-0.39, 0.29) is 5.56 Å². The molecule has 2 aromatic carbocycles. The third-order valence-corrected chi connectivity index (χ3v) is 7.26. The lowest BCUT2D eigenvalue weighted by molar-refractivity contribution is -0.255. The van der Waals surface area contributed by atoms with E-state index in [1.54, 1.807) is 25.3 Å². The maximum absolute atomic E-state index is 11.3. The number of hydrogen-bond donors (Lipinski definition) is 0. The molecule has 0 amide bonds. The van der Waals surface area contributed by atoms with Crippen molar-refractivity contribution in [1.82, 2.24) is 9.61 Å². The number of benzene rings is 2. The highest BCUT2D eigenvalue weighted by Crippen LogP contribution is 2.30. The van der Waals surface area contributed by atoms with Crippen LogP contribution >= 0.6 is 0 Å². The molecule has 158 valence electrons. The number of carboxylic acid groups (broad SMARTS) is 1. The van der Waals surface area contributed by atoms with Crippen LogP contribution in [-0.2, 0) is 6.42 Å². The highest BCUT2D eigenvalue weighted by Gasteiger charge is 2.27. The number of nitrogens with zero attached hydrogens (tertiary/aromatic N) is 2. The summed E-state index contributed by atoms with van der Waals surface area (Å²) in [5, 5.41) is 17.5. The fourth-order valence-corrected chi connectivity index (χ4v) is 5.74. The molecule has 2 aromatic heterocycles. The monoisotopic (exact) mass is 429 g/mol. The largest absolute Gasteiger partial charge is 0.545 e. The molecule has 0 atom stereocenters. The number of aromatic nitrogens is 2. The molecule has 5 nitrogen and oxygen atoms in total. The van der Waals surface area contributed by atoms with Crippen LogP contribution in [0.4, 0.5) is 0 Å². The van der Waals surface area contributed by atoms with Gasteiger partial charge in [0.2, 0.25) is 0 Å². The van der Waals surface area contributed by atoms with Gasteiger partial charge in [-0.3, -0.25) is 0 Å². The van der Waals surface area contributed by atoms with Gasteiger partial charge in [-0.1, -0.05) is 68.2 Å². The van der Waals surface area contributed by atoms with E-state index >= 15 is 0 Å². The topological polar surface area (TPSA) is 66.7 Å². The number of hydrogen-bond acceptors (Lipinski definition) is 4. The van der Waals surface area contributed by atoms with Crippen molar-refractivity contribution in [3.8, 4) is 17.0 Å². The number of carbonyl (C=O) groups is 1. The second-order valence-electron chi connectivity index (χ2n) is 8.66. The van der Waals surface area contributed by atoms with Crippen LogP contribution in [0, 0.1) is 0 Å². The van der Waals surface area contributed by atoms with Crippen molar-refractivity contribution in [2.24, 2.45) is 0 Å². The molecule has 2 heterocycles. The molecule has 0 radical (unpaired) electrons. The Kier molecular flexibility index (Phi) is 5.41. The van der Waals surface area contributed by atoms with Crippen LogP contribution in [0.25, 0.3) is 16.8 Å². The van der Waals surface area contributed by atoms with Crippen molar-refractivity contribution >= 4 is 24.9 Å². The molecule has 6 heteroatoms. The molecule has 0 saturated carbocycles. The highest BCUT2D eigenvalue weighted by molar-refractivity contribution is 6.88. The number of ether oxygens (including phenoxy) is 1. The molecule has 0 aliphatic carbocycles. The van der Waals surface area contributed by atoms with Gasteiger partial charge in [-0.05, 0) is 29.3 Å². The molecular formula is C25H25N2O3Si-. The fraction of sp³-hybridized carbons (Fsp3) is 0.200. The lowest BCUT2D eigenvalue weighted by Crippen LogP contribution is -2.43. The standard InChI is InChI=1S/C25H26N2O3Si/c1-30-22-14-13-21-20(16-17-9-8-12-19(15-17)25(28)29)23(18-10-6-5-7-11-18)26-27(21)24(22)31(2,3)4/h5-15H,16H2,1-4H3,(H,28,29)/p-1. The van der Waals surface area contributed by atoms with E-state index in [2.05, 4.69) is 19.6 Å². The van der Waals surface area contributed by atoms with Gasteiger partial charge in [0.15, 0.2) is 0 Å². The summed E-state index contributed by atoms with van der Waals surface area (Å²) in [6.07, 6.45) is 0.562. The van der Waals surface area contributed by atoms with E-state index in [0.717, 1.165) is 39.0 Å². The molecule has 0 bridgehead atoms. The zero-order chi connectivity index (χ0) is 22.2. The minimum atomic E-state index is -1.80. The van der Waals surface area contributed by atoms with Crippen LogP contribution in [0.3, 0.4) is 0 Å². The van der Waals surface area contributed by atoms with Crippen LogP contribution in [0.15, 0.2) is 66.7 Å². The second kappa shape index (κ2) is 8.04. The number of rotatable bonds is 6. The van der Waals surface area contributed by atoms with E-state index in [1.807, 2.05) is 53.0 Å². The predicted octanol–water partition coefficient (Wildman–Crippen LogP) is 3.51. The third kappa shape index (κ3) is 3.99. The first-order valence-corrected chi connectivity index (χ1v) is 13.7. The summed E-state index contributed by atoms with van der Waals surface area (Å²) >= 11 is 0.